The molecule has 27 heavy (non-hydrogen) atoms. The third kappa shape index (κ3) is 3.56. The van der Waals surface area contributed by atoms with Crippen LogP contribution in [0.2, 0.25) is 0 Å². The van der Waals surface area contributed by atoms with Gasteiger partial charge in [0, 0.05) is 37.2 Å². The maximum absolute atomic E-state index is 12.5. The molecule has 0 spiro atoms. The lowest BCUT2D eigenvalue weighted by molar-refractivity contribution is -0.159. The summed E-state index contributed by atoms with van der Waals surface area (Å²) in [5.41, 5.74) is 6.47. The first-order valence-electron chi connectivity index (χ1n) is 9.70. The number of nitrogens with one attached hydrogen (secondary N) is 1. The molecule has 3 amide bonds. The number of benzene rings is 1. The summed E-state index contributed by atoms with van der Waals surface area (Å²) in [6, 6.07) is 8.91. The topological polar surface area (TPSA) is 95.7 Å². The van der Waals surface area contributed by atoms with Crippen molar-refractivity contribution in [2.45, 2.75) is 37.8 Å². The van der Waals surface area contributed by atoms with E-state index in [-0.39, 0.29) is 30.3 Å². The molecule has 7 heteroatoms. The van der Waals surface area contributed by atoms with Crippen molar-refractivity contribution in [3.63, 3.8) is 0 Å². The van der Waals surface area contributed by atoms with Crippen molar-refractivity contribution in [1.29, 1.82) is 0 Å². The number of carbonyl (C=O) groups excluding carboxylic acids is 3. The molecule has 4 rings (SSSR count). The quantitative estimate of drug-likeness (QED) is 0.820. The van der Waals surface area contributed by atoms with Crippen LogP contribution >= 0.6 is 0 Å². The third-order valence-electron chi connectivity index (χ3n) is 6.13. The molecule has 2 bridgehead atoms. The Balaban J connectivity index is 1.47. The van der Waals surface area contributed by atoms with Gasteiger partial charge in [-0.3, -0.25) is 19.3 Å². The van der Waals surface area contributed by atoms with Crippen LogP contribution in [0.25, 0.3) is 0 Å². The average Bonchev–Trinajstić information content (AvgIpc) is 2.63. The number of fused-ring (bicyclic) bond motifs is 4. The van der Waals surface area contributed by atoms with Gasteiger partial charge in [0.05, 0.1) is 6.54 Å². The van der Waals surface area contributed by atoms with E-state index in [1.807, 2.05) is 30.3 Å². The molecule has 0 radical (unpaired) electrons. The predicted molar refractivity (Wildman–Crippen MR) is 101 cm³/mol. The minimum absolute atomic E-state index is 0.00377. The molecule has 144 valence electrons. The summed E-state index contributed by atoms with van der Waals surface area (Å²) in [4.78, 5) is 41.0. The van der Waals surface area contributed by atoms with Crippen LogP contribution in [0.3, 0.4) is 0 Å². The van der Waals surface area contributed by atoms with Gasteiger partial charge in [0.25, 0.3) is 0 Å². The van der Waals surface area contributed by atoms with Crippen LogP contribution in [0, 0.1) is 11.8 Å². The zero-order valence-electron chi connectivity index (χ0n) is 15.3. The van der Waals surface area contributed by atoms with Gasteiger partial charge >= 0.3 is 0 Å². The molecule has 7 nitrogen and oxygen atoms in total. The van der Waals surface area contributed by atoms with Gasteiger partial charge in [-0.15, -0.1) is 0 Å². The van der Waals surface area contributed by atoms with E-state index in [2.05, 4.69) is 10.2 Å². The fraction of sp³-hybridized carbons (Fsp3) is 0.550. The van der Waals surface area contributed by atoms with E-state index in [0.29, 0.717) is 18.9 Å². The largest absolute Gasteiger partial charge is 0.368 e. The Kier molecular flexibility index (Phi) is 4.86. The number of para-hydroxylation sites is 1. The number of likely N-dealkylation sites (tertiary alicyclic amines) is 1. The highest BCUT2D eigenvalue weighted by Crippen LogP contribution is 2.41. The molecule has 0 aliphatic carbocycles. The number of anilines is 1. The Bertz CT molecular complexity index is 738. The van der Waals surface area contributed by atoms with Gasteiger partial charge in [-0.05, 0) is 37.3 Å². The average molecular weight is 370 g/mol. The molecule has 3 N–H and O–H groups in total. The Hall–Kier alpha value is -2.41. The summed E-state index contributed by atoms with van der Waals surface area (Å²) in [6.45, 7) is 1.68. The van der Waals surface area contributed by atoms with Crippen molar-refractivity contribution in [1.82, 2.24) is 9.80 Å². The van der Waals surface area contributed by atoms with Gasteiger partial charge in [-0.25, -0.2) is 0 Å². The van der Waals surface area contributed by atoms with Gasteiger partial charge in [-0.2, -0.15) is 0 Å². The van der Waals surface area contributed by atoms with Crippen molar-refractivity contribution >= 4 is 23.4 Å². The summed E-state index contributed by atoms with van der Waals surface area (Å²) < 4.78 is 0. The standard InChI is InChI=1S/C20H26N4O3/c21-20(27)19-14-9-13(16-7-4-8-18(26)24(16)19)10-23(11-14)12-17(25)22-15-5-2-1-3-6-15/h1-3,5-6,13-14,16,19H,4,7-12H2,(H2,21,27)(H,22,25)/t13-,14+,16+,19-/m1/s1. The maximum Gasteiger partial charge on any atom is 0.240 e. The molecule has 3 heterocycles. The third-order valence-corrected chi connectivity index (χ3v) is 6.13. The summed E-state index contributed by atoms with van der Waals surface area (Å²) in [5.74, 6) is -0.125. The molecule has 1 aromatic carbocycles. The van der Waals surface area contributed by atoms with Crippen LogP contribution in [0.1, 0.15) is 25.7 Å². The summed E-state index contributed by atoms with van der Waals surface area (Å²) in [5, 5.41) is 2.92. The molecule has 3 fully saturated rings. The number of nitrogens with two attached hydrogens (primary N) is 1. The fourth-order valence-electron chi connectivity index (χ4n) is 5.17. The molecule has 1 aromatic rings. The van der Waals surface area contributed by atoms with Crippen LogP contribution in [0.5, 0.6) is 0 Å². The second kappa shape index (κ2) is 7.31. The Morgan fingerprint density at radius 2 is 1.89 bits per heavy atom. The SMILES string of the molecule is NC(=O)[C@H]1[C@H]2C[C@H](CN(CC(=O)Nc3ccccc3)C2)[C@@H]2CCCC(=O)N21. The number of nitrogens with zero attached hydrogens (tertiary/aromatic N) is 2. The van der Waals surface area contributed by atoms with E-state index in [1.54, 1.807) is 4.90 Å². The smallest absolute Gasteiger partial charge is 0.240 e. The van der Waals surface area contributed by atoms with Crippen molar-refractivity contribution in [3.05, 3.63) is 30.3 Å². The first-order valence-corrected chi connectivity index (χ1v) is 9.70. The summed E-state index contributed by atoms with van der Waals surface area (Å²) >= 11 is 0. The van der Waals surface area contributed by atoms with Gasteiger partial charge in [0.2, 0.25) is 17.7 Å². The molecular weight excluding hydrogens is 344 g/mol. The zero-order valence-corrected chi connectivity index (χ0v) is 15.3. The normalized spacial score (nSPS) is 30.5. The number of carbonyl (C=O) groups is 3. The van der Waals surface area contributed by atoms with E-state index in [0.717, 1.165) is 31.5 Å². The van der Waals surface area contributed by atoms with Gasteiger partial charge < -0.3 is 16.0 Å². The highest BCUT2D eigenvalue weighted by atomic mass is 16.2. The molecule has 0 saturated carbocycles. The van der Waals surface area contributed by atoms with Crippen LogP contribution in [0.4, 0.5) is 5.69 Å². The highest BCUT2D eigenvalue weighted by Gasteiger charge is 2.51. The van der Waals surface area contributed by atoms with Crippen LogP contribution in [-0.2, 0) is 14.4 Å². The Morgan fingerprint density at radius 3 is 2.63 bits per heavy atom. The van der Waals surface area contributed by atoms with Crippen LogP contribution in [-0.4, -0.2) is 59.2 Å². The van der Waals surface area contributed by atoms with Crippen LogP contribution < -0.4 is 11.1 Å². The first kappa shape index (κ1) is 18.0. The van der Waals surface area contributed by atoms with Crippen molar-refractivity contribution < 1.29 is 14.4 Å². The van der Waals surface area contributed by atoms with Gasteiger partial charge in [0.1, 0.15) is 6.04 Å². The van der Waals surface area contributed by atoms with E-state index in [4.69, 9.17) is 5.73 Å². The number of rotatable bonds is 4. The van der Waals surface area contributed by atoms with E-state index in [9.17, 15) is 14.4 Å². The lowest BCUT2D eigenvalue weighted by Crippen LogP contribution is -2.68. The van der Waals surface area contributed by atoms with Gasteiger partial charge in [0.15, 0.2) is 0 Å². The highest BCUT2D eigenvalue weighted by molar-refractivity contribution is 5.92. The first-order chi connectivity index (χ1) is 13.0. The molecule has 0 unspecified atom stereocenters. The second-order valence-corrected chi connectivity index (χ2v) is 7.97. The van der Waals surface area contributed by atoms with E-state index >= 15 is 0 Å². The van der Waals surface area contributed by atoms with Crippen molar-refractivity contribution in [3.8, 4) is 0 Å². The molecule has 3 aliphatic heterocycles. The Morgan fingerprint density at radius 1 is 1.15 bits per heavy atom. The zero-order chi connectivity index (χ0) is 19.0. The number of hydrogen-bond donors (Lipinski definition) is 2. The van der Waals surface area contributed by atoms with Crippen molar-refractivity contribution in [2.75, 3.05) is 25.0 Å². The number of amides is 3. The van der Waals surface area contributed by atoms with E-state index < -0.39 is 11.9 Å². The number of primary amides is 1. The number of piperidine rings is 3. The second-order valence-electron chi connectivity index (χ2n) is 7.97. The lowest BCUT2D eigenvalue weighted by atomic mass is 9.72. The van der Waals surface area contributed by atoms with E-state index in [1.165, 1.54) is 0 Å². The lowest BCUT2D eigenvalue weighted by Gasteiger charge is -2.55. The monoisotopic (exact) mass is 370 g/mol. The molecule has 4 atom stereocenters. The minimum atomic E-state index is -0.543. The number of hydrogen-bond acceptors (Lipinski definition) is 4. The summed E-state index contributed by atoms with van der Waals surface area (Å²) in [7, 11) is 0. The van der Waals surface area contributed by atoms with Crippen molar-refractivity contribution in [2.24, 2.45) is 17.6 Å². The maximum atomic E-state index is 12.5. The molecule has 3 aliphatic rings. The fourth-order valence-corrected chi connectivity index (χ4v) is 5.17. The molecular formula is C20H26N4O3. The molecule has 3 saturated heterocycles. The summed E-state index contributed by atoms with van der Waals surface area (Å²) in [6.07, 6.45) is 3.18. The van der Waals surface area contributed by atoms with Crippen LogP contribution in [0.15, 0.2) is 30.3 Å². The Labute approximate surface area is 158 Å². The predicted octanol–water partition coefficient (Wildman–Crippen LogP) is 0.812. The minimum Gasteiger partial charge on any atom is -0.368 e. The van der Waals surface area contributed by atoms with Gasteiger partial charge in [-0.1, -0.05) is 18.2 Å². The molecule has 0 aromatic heterocycles.